The standard InChI is InChI=1S/C15H20BrN3O/c1-3-17-11(2)8-9-15-18-14(19-20-15)10-12-6-4-5-7-13(12)16/h4-7,11,17H,3,8-10H2,1-2H3. The number of hydrogen-bond acceptors (Lipinski definition) is 4. The Morgan fingerprint density at radius 3 is 2.90 bits per heavy atom. The third-order valence-electron chi connectivity index (χ3n) is 3.16. The van der Waals surface area contributed by atoms with Gasteiger partial charge in [-0.25, -0.2) is 0 Å². The largest absolute Gasteiger partial charge is 0.339 e. The van der Waals surface area contributed by atoms with E-state index in [9.17, 15) is 0 Å². The third kappa shape index (κ3) is 4.42. The molecule has 2 aromatic rings. The first kappa shape index (κ1) is 15.2. The van der Waals surface area contributed by atoms with Gasteiger partial charge in [0.1, 0.15) is 0 Å². The number of benzene rings is 1. The van der Waals surface area contributed by atoms with Gasteiger partial charge in [-0.2, -0.15) is 4.98 Å². The lowest BCUT2D eigenvalue weighted by Gasteiger charge is -2.09. The van der Waals surface area contributed by atoms with E-state index in [1.807, 2.05) is 18.2 Å². The zero-order valence-corrected chi connectivity index (χ0v) is 13.5. The second-order valence-corrected chi connectivity index (χ2v) is 5.72. The second-order valence-electron chi connectivity index (χ2n) is 4.87. The molecule has 0 radical (unpaired) electrons. The maximum absolute atomic E-state index is 5.30. The third-order valence-corrected chi connectivity index (χ3v) is 3.93. The average Bonchev–Trinajstić information content (AvgIpc) is 2.87. The summed E-state index contributed by atoms with van der Waals surface area (Å²) in [6, 6.07) is 8.57. The lowest BCUT2D eigenvalue weighted by Crippen LogP contribution is -2.25. The molecule has 0 aliphatic rings. The first-order valence-electron chi connectivity index (χ1n) is 6.97. The van der Waals surface area contributed by atoms with E-state index in [1.54, 1.807) is 0 Å². The summed E-state index contributed by atoms with van der Waals surface area (Å²) in [6.07, 6.45) is 2.51. The van der Waals surface area contributed by atoms with Crippen LogP contribution in [0.15, 0.2) is 33.3 Å². The fourth-order valence-corrected chi connectivity index (χ4v) is 2.49. The van der Waals surface area contributed by atoms with Crippen LogP contribution >= 0.6 is 15.9 Å². The molecule has 0 spiro atoms. The van der Waals surface area contributed by atoms with Gasteiger partial charge in [-0.3, -0.25) is 0 Å². The Kier molecular flexibility index (Phi) is 5.73. The van der Waals surface area contributed by atoms with Crippen molar-refractivity contribution in [2.45, 2.75) is 39.2 Å². The quantitative estimate of drug-likeness (QED) is 0.841. The van der Waals surface area contributed by atoms with Crippen molar-refractivity contribution in [3.63, 3.8) is 0 Å². The number of nitrogens with one attached hydrogen (secondary N) is 1. The zero-order chi connectivity index (χ0) is 14.4. The highest BCUT2D eigenvalue weighted by atomic mass is 79.9. The summed E-state index contributed by atoms with van der Waals surface area (Å²) in [5, 5.41) is 7.42. The summed E-state index contributed by atoms with van der Waals surface area (Å²) in [7, 11) is 0. The van der Waals surface area contributed by atoms with Crippen molar-refractivity contribution >= 4 is 15.9 Å². The van der Waals surface area contributed by atoms with Gasteiger partial charge in [-0.05, 0) is 31.5 Å². The van der Waals surface area contributed by atoms with Crippen molar-refractivity contribution < 1.29 is 4.52 Å². The molecule has 0 aliphatic carbocycles. The van der Waals surface area contributed by atoms with Gasteiger partial charge in [0.15, 0.2) is 5.82 Å². The first-order valence-corrected chi connectivity index (χ1v) is 7.76. The van der Waals surface area contributed by atoms with Crippen LogP contribution in [0.1, 0.15) is 37.5 Å². The first-order chi connectivity index (χ1) is 9.69. The summed E-state index contributed by atoms with van der Waals surface area (Å²) < 4.78 is 6.38. The Balaban J connectivity index is 1.91. The normalized spacial score (nSPS) is 12.6. The zero-order valence-electron chi connectivity index (χ0n) is 11.9. The Labute approximate surface area is 128 Å². The van der Waals surface area contributed by atoms with Gasteiger partial charge in [-0.1, -0.05) is 46.2 Å². The van der Waals surface area contributed by atoms with Crippen LogP contribution in [0.5, 0.6) is 0 Å². The van der Waals surface area contributed by atoms with Crippen LogP contribution in [0, 0.1) is 0 Å². The highest BCUT2D eigenvalue weighted by Crippen LogP contribution is 2.18. The van der Waals surface area contributed by atoms with Crippen molar-refractivity contribution in [2.75, 3.05) is 6.54 Å². The topological polar surface area (TPSA) is 51.0 Å². The van der Waals surface area contributed by atoms with Crippen LogP contribution in [0.2, 0.25) is 0 Å². The molecule has 0 aliphatic heterocycles. The maximum atomic E-state index is 5.30. The van der Waals surface area contributed by atoms with Gasteiger partial charge >= 0.3 is 0 Å². The van der Waals surface area contributed by atoms with Crippen LogP contribution in [-0.2, 0) is 12.8 Å². The molecule has 0 bridgehead atoms. The molecule has 0 saturated carbocycles. The van der Waals surface area contributed by atoms with Crippen LogP contribution < -0.4 is 5.32 Å². The Morgan fingerprint density at radius 2 is 2.15 bits per heavy atom. The van der Waals surface area contributed by atoms with Gasteiger partial charge in [0.05, 0.1) is 0 Å². The molecule has 20 heavy (non-hydrogen) atoms. The van der Waals surface area contributed by atoms with E-state index in [1.165, 1.54) is 5.56 Å². The molecule has 1 unspecified atom stereocenters. The van der Waals surface area contributed by atoms with Crippen molar-refractivity contribution in [1.29, 1.82) is 0 Å². The van der Waals surface area contributed by atoms with E-state index < -0.39 is 0 Å². The van der Waals surface area contributed by atoms with Crippen molar-refractivity contribution in [3.8, 4) is 0 Å². The number of aryl methyl sites for hydroxylation is 1. The van der Waals surface area contributed by atoms with Crippen LogP contribution in [0.25, 0.3) is 0 Å². The molecule has 2 rings (SSSR count). The molecular weight excluding hydrogens is 318 g/mol. The fraction of sp³-hybridized carbons (Fsp3) is 0.467. The Bertz CT molecular complexity index is 541. The molecule has 1 aromatic carbocycles. The van der Waals surface area contributed by atoms with Gasteiger partial charge < -0.3 is 9.84 Å². The number of aromatic nitrogens is 2. The van der Waals surface area contributed by atoms with Gasteiger partial charge in [-0.15, -0.1) is 0 Å². The number of rotatable bonds is 7. The van der Waals surface area contributed by atoms with Gasteiger partial charge in [0, 0.05) is 23.4 Å². The van der Waals surface area contributed by atoms with E-state index >= 15 is 0 Å². The summed E-state index contributed by atoms with van der Waals surface area (Å²) >= 11 is 3.53. The minimum Gasteiger partial charge on any atom is -0.339 e. The highest BCUT2D eigenvalue weighted by Gasteiger charge is 2.10. The number of halogens is 1. The second kappa shape index (κ2) is 7.55. The molecule has 4 nitrogen and oxygen atoms in total. The van der Waals surface area contributed by atoms with Crippen LogP contribution in [0.4, 0.5) is 0 Å². The van der Waals surface area contributed by atoms with E-state index in [4.69, 9.17) is 4.52 Å². The minimum absolute atomic E-state index is 0.471. The molecule has 1 atom stereocenters. The predicted molar refractivity (Wildman–Crippen MR) is 82.7 cm³/mol. The monoisotopic (exact) mass is 337 g/mol. The van der Waals surface area contributed by atoms with E-state index in [0.29, 0.717) is 12.5 Å². The lowest BCUT2D eigenvalue weighted by molar-refractivity contribution is 0.363. The number of nitrogens with zero attached hydrogens (tertiary/aromatic N) is 2. The predicted octanol–water partition coefficient (Wildman–Crippen LogP) is 3.35. The molecule has 0 saturated heterocycles. The van der Waals surface area contributed by atoms with Gasteiger partial charge in [0.2, 0.25) is 5.89 Å². The minimum atomic E-state index is 0.471. The summed E-state index contributed by atoms with van der Waals surface area (Å²) in [5.41, 5.74) is 1.17. The molecule has 1 aromatic heterocycles. The van der Waals surface area contributed by atoms with Gasteiger partial charge in [0.25, 0.3) is 0 Å². The molecule has 1 heterocycles. The molecular formula is C15H20BrN3O. The summed E-state index contributed by atoms with van der Waals surface area (Å²) in [6.45, 7) is 5.26. The summed E-state index contributed by atoms with van der Waals surface area (Å²) in [4.78, 5) is 4.45. The SMILES string of the molecule is CCNC(C)CCc1nc(Cc2ccccc2Br)no1. The van der Waals surface area contributed by atoms with Crippen molar-refractivity contribution in [3.05, 3.63) is 46.0 Å². The number of hydrogen-bond donors (Lipinski definition) is 1. The average molecular weight is 338 g/mol. The fourth-order valence-electron chi connectivity index (χ4n) is 2.07. The Morgan fingerprint density at radius 1 is 1.35 bits per heavy atom. The molecule has 108 valence electrons. The van der Waals surface area contributed by atoms with E-state index in [0.717, 1.165) is 35.6 Å². The Hall–Kier alpha value is -1.20. The molecule has 0 amide bonds. The molecule has 5 heteroatoms. The maximum Gasteiger partial charge on any atom is 0.226 e. The van der Waals surface area contributed by atoms with Crippen molar-refractivity contribution in [2.24, 2.45) is 0 Å². The summed E-state index contributed by atoms with van der Waals surface area (Å²) in [5.74, 6) is 1.46. The van der Waals surface area contributed by atoms with E-state index in [-0.39, 0.29) is 0 Å². The van der Waals surface area contributed by atoms with Crippen molar-refractivity contribution in [1.82, 2.24) is 15.5 Å². The highest BCUT2D eigenvalue weighted by molar-refractivity contribution is 9.10. The van der Waals surface area contributed by atoms with Crippen LogP contribution in [0.3, 0.4) is 0 Å². The van der Waals surface area contributed by atoms with Crippen LogP contribution in [-0.4, -0.2) is 22.7 Å². The van der Waals surface area contributed by atoms with E-state index in [2.05, 4.69) is 51.3 Å². The molecule has 1 N–H and O–H groups in total. The lowest BCUT2D eigenvalue weighted by atomic mass is 10.1. The molecule has 0 fully saturated rings. The smallest absolute Gasteiger partial charge is 0.226 e.